The molecule has 178 valence electrons. The van der Waals surface area contributed by atoms with E-state index in [0.29, 0.717) is 18.5 Å². The summed E-state index contributed by atoms with van der Waals surface area (Å²) in [7, 11) is 1.25. The van der Waals surface area contributed by atoms with Crippen molar-refractivity contribution in [1.29, 1.82) is 0 Å². The number of halogens is 3. The molecule has 8 heteroatoms. The second kappa shape index (κ2) is 9.57. The highest BCUT2D eigenvalue weighted by Crippen LogP contribution is 2.38. The van der Waals surface area contributed by atoms with Crippen molar-refractivity contribution in [3.63, 3.8) is 0 Å². The van der Waals surface area contributed by atoms with Gasteiger partial charge < -0.3 is 10.2 Å². The number of pyridine rings is 1. The fourth-order valence-corrected chi connectivity index (χ4v) is 5.96. The number of benzene rings is 1. The molecule has 1 aromatic heterocycles. The van der Waals surface area contributed by atoms with Gasteiger partial charge in [0.1, 0.15) is 0 Å². The number of rotatable bonds is 5. The first kappa shape index (κ1) is 23.9. The fourth-order valence-electron chi connectivity index (χ4n) is 4.85. The number of hydrogen-bond donors (Lipinski definition) is 1. The molecular weight excluding hydrogens is 447 g/mol. The SMILES string of the molecule is Cc1cc2c(cc1C)CC(Nc1ccc(C(N(C)C(=O)C3CCSCC3)C(F)(F)F)nc1)C2. The Kier molecular flexibility index (Phi) is 6.93. The molecule has 0 radical (unpaired) electrons. The van der Waals surface area contributed by atoms with Gasteiger partial charge in [-0.25, -0.2) is 0 Å². The van der Waals surface area contributed by atoms with Crippen LogP contribution in [-0.4, -0.2) is 46.6 Å². The fraction of sp³-hybridized carbons (Fsp3) is 0.520. The van der Waals surface area contributed by atoms with Crippen LogP contribution in [-0.2, 0) is 17.6 Å². The molecule has 2 heterocycles. The third kappa shape index (κ3) is 5.31. The third-order valence-corrected chi connectivity index (χ3v) is 7.85. The Balaban J connectivity index is 1.46. The Labute approximate surface area is 197 Å². The lowest BCUT2D eigenvalue weighted by Gasteiger charge is -2.33. The molecule has 4 nitrogen and oxygen atoms in total. The van der Waals surface area contributed by atoms with Crippen molar-refractivity contribution >= 4 is 23.4 Å². The van der Waals surface area contributed by atoms with Gasteiger partial charge in [-0.05, 0) is 85.4 Å². The number of aryl methyl sites for hydroxylation is 2. The number of aromatic nitrogens is 1. The van der Waals surface area contributed by atoms with Gasteiger partial charge in [-0.2, -0.15) is 24.9 Å². The van der Waals surface area contributed by atoms with E-state index in [-0.39, 0.29) is 17.7 Å². The number of anilines is 1. The van der Waals surface area contributed by atoms with Crippen LogP contribution in [0.1, 0.15) is 46.8 Å². The summed E-state index contributed by atoms with van der Waals surface area (Å²) < 4.78 is 41.9. The van der Waals surface area contributed by atoms with Gasteiger partial charge in [-0.1, -0.05) is 12.1 Å². The van der Waals surface area contributed by atoms with Crippen molar-refractivity contribution in [3.8, 4) is 0 Å². The highest BCUT2D eigenvalue weighted by atomic mass is 32.2. The standard InChI is InChI=1S/C25H30F3N3OS/c1-15-10-18-12-21(13-19(18)11-16(15)2)30-20-4-5-22(29-14-20)23(25(26,27)28)31(3)24(32)17-6-8-33-9-7-17/h4-5,10-11,14,17,21,23,30H,6-9,12-13H2,1-3H3. The lowest BCUT2D eigenvalue weighted by Crippen LogP contribution is -2.43. The normalized spacial score (nSPS) is 18.1. The van der Waals surface area contributed by atoms with Gasteiger partial charge in [0, 0.05) is 19.0 Å². The Bertz CT molecular complexity index is 972. The van der Waals surface area contributed by atoms with Gasteiger partial charge in [0.15, 0.2) is 6.04 Å². The first-order chi connectivity index (χ1) is 15.6. The van der Waals surface area contributed by atoms with E-state index in [1.807, 2.05) is 0 Å². The number of fused-ring (bicyclic) bond motifs is 1. The van der Waals surface area contributed by atoms with Crippen molar-refractivity contribution in [2.24, 2.45) is 5.92 Å². The lowest BCUT2D eigenvalue weighted by atomic mass is 9.99. The molecule has 1 aliphatic heterocycles. The topological polar surface area (TPSA) is 45.2 Å². The Morgan fingerprint density at radius 3 is 2.24 bits per heavy atom. The number of nitrogens with zero attached hydrogens (tertiary/aromatic N) is 2. The van der Waals surface area contributed by atoms with Gasteiger partial charge in [-0.15, -0.1) is 0 Å². The maximum atomic E-state index is 14.0. The summed E-state index contributed by atoms with van der Waals surface area (Å²) in [5, 5.41) is 3.41. The van der Waals surface area contributed by atoms with Crippen LogP contribution >= 0.6 is 11.8 Å². The zero-order chi connectivity index (χ0) is 23.8. The van der Waals surface area contributed by atoms with Crippen LogP contribution in [0.5, 0.6) is 0 Å². The number of nitrogens with one attached hydrogen (secondary N) is 1. The number of alkyl halides is 3. The van der Waals surface area contributed by atoms with Gasteiger partial charge in [0.25, 0.3) is 0 Å². The quantitative estimate of drug-likeness (QED) is 0.619. The summed E-state index contributed by atoms with van der Waals surface area (Å²) in [6, 6.07) is 5.60. The smallest absolute Gasteiger partial charge is 0.380 e. The second-order valence-electron chi connectivity index (χ2n) is 9.21. The average molecular weight is 478 g/mol. The summed E-state index contributed by atoms with van der Waals surface area (Å²) in [5.74, 6) is 0.821. The van der Waals surface area contributed by atoms with Gasteiger partial charge in [0.2, 0.25) is 5.91 Å². The third-order valence-electron chi connectivity index (χ3n) is 6.80. The van der Waals surface area contributed by atoms with Crippen LogP contribution in [0.15, 0.2) is 30.5 Å². The van der Waals surface area contributed by atoms with Crippen LogP contribution in [0.2, 0.25) is 0 Å². The summed E-state index contributed by atoms with van der Waals surface area (Å²) >= 11 is 1.74. The minimum Gasteiger partial charge on any atom is -0.380 e. The molecule has 1 aliphatic carbocycles. The molecule has 1 aromatic carbocycles. The van der Waals surface area contributed by atoms with E-state index in [2.05, 4.69) is 36.3 Å². The molecule has 2 aromatic rings. The average Bonchev–Trinajstić information content (AvgIpc) is 3.15. The molecule has 0 saturated carbocycles. The first-order valence-electron chi connectivity index (χ1n) is 11.4. The van der Waals surface area contributed by atoms with E-state index in [9.17, 15) is 18.0 Å². The minimum absolute atomic E-state index is 0.157. The Morgan fingerprint density at radius 1 is 1.12 bits per heavy atom. The monoisotopic (exact) mass is 477 g/mol. The molecule has 1 N–H and O–H groups in total. The van der Waals surface area contributed by atoms with E-state index >= 15 is 0 Å². The minimum atomic E-state index is -4.60. The maximum absolute atomic E-state index is 14.0. The van der Waals surface area contributed by atoms with E-state index in [0.717, 1.165) is 29.2 Å². The van der Waals surface area contributed by atoms with Gasteiger partial charge in [0.05, 0.1) is 17.6 Å². The summed E-state index contributed by atoms with van der Waals surface area (Å²) in [4.78, 5) is 17.8. The summed E-state index contributed by atoms with van der Waals surface area (Å²) in [6.45, 7) is 4.20. The zero-order valence-corrected chi connectivity index (χ0v) is 20.0. The lowest BCUT2D eigenvalue weighted by molar-refractivity contribution is -0.191. The number of carbonyl (C=O) groups is 1. The van der Waals surface area contributed by atoms with Gasteiger partial charge in [-0.3, -0.25) is 9.78 Å². The number of amides is 1. The molecular formula is C25H30F3N3OS. The van der Waals surface area contributed by atoms with Crippen LogP contribution < -0.4 is 5.32 Å². The van der Waals surface area contributed by atoms with Crippen LogP contribution in [0, 0.1) is 19.8 Å². The molecule has 1 atom stereocenters. The molecule has 2 aliphatic rings. The zero-order valence-electron chi connectivity index (χ0n) is 19.2. The maximum Gasteiger partial charge on any atom is 0.414 e. The number of thioether (sulfide) groups is 1. The van der Waals surface area contributed by atoms with E-state index in [1.54, 1.807) is 17.8 Å². The van der Waals surface area contributed by atoms with Crippen molar-refractivity contribution in [3.05, 3.63) is 58.4 Å². The summed E-state index contributed by atoms with van der Waals surface area (Å²) in [6.07, 6.45) is -0.155. The van der Waals surface area contributed by atoms with Crippen LogP contribution in [0.25, 0.3) is 0 Å². The van der Waals surface area contributed by atoms with E-state index < -0.39 is 18.1 Å². The largest absolute Gasteiger partial charge is 0.414 e. The van der Waals surface area contributed by atoms with Crippen LogP contribution in [0.3, 0.4) is 0 Å². The highest BCUT2D eigenvalue weighted by molar-refractivity contribution is 7.99. The van der Waals surface area contributed by atoms with Gasteiger partial charge >= 0.3 is 6.18 Å². The Morgan fingerprint density at radius 2 is 1.73 bits per heavy atom. The van der Waals surface area contributed by atoms with Crippen molar-refractivity contribution in [1.82, 2.24) is 9.88 Å². The molecule has 1 fully saturated rings. The molecule has 1 saturated heterocycles. The molecule has 0 spiro atoms. The number of hydrogen-bond acceptors (Lipinski definition) is 4. The molecule has 4 rings (SSSR count). The molecule has 1 amide bonds. The second-order valence-corrected chi connectivity index (χ2v) is 10.4. The molecule has 1 unspecified atom stereocenters. The molecule has 33 heavy (non-hydrogen) atoms. The van der Waals surface area contributed by atoms with E-state index in [4.69, 9.17) is 0 Å². The predicted octanol–water partition coefficient (Wildman–Crippen LogP) is 5.48. The highest BCUT2D eigenvalue weighted by Gasteiger charge is 2.47. The van der Waals surface area contributed by atoms with Crippen molar-refractivity contribution in [2.75, 3.05) is 23.9 Å². The van der Waals surface area contributed by atoms with Crippen LogP contribution in [0.4, 0.5) is 18.9 Å². The predicted molar refractivity (Wildman–Crippen MR) is 127 cm³/mol. The number of carbonyl (C=O) groups excluding carboxylic acids is 1. The Hall–Kier alpha value is -2.22. The first-order valence-corrected chi connectivity index (χ1v) is 12.5. The van der Waals surface area contributed by atoms with E-state index in [1.165, 1.54) is 41.6 Å². The van der Waals surface area contributed by atoms with Crippen molar-refractivity contribution in [2.45, 2.75) is 57.8 Å². The van der Waals surface area contributed by atoms with Crippen molar-refractivity contribution < 1.29 is 18.0 Å². The molecule has 0 bridgehead atoms. The summed E-state index contributed by atoms with van der Waals surface area (Å²) in [5.41, 5.74) is 5.70.